The molecule has 0 aliphatic heterocycles. The Morgan fingerprint density at radius 3 is 2.32 bits per heavy atom. The van der Waals surface area contributed by atoms with E-state index in [2.05, 4.69) is 9.97 Å². The molecule has 172 valence electrons. The number of H-pyrrole nitrogens is 2. The number of anilines is 1. The summed E-state index contributed by atoms with van der Waals surface area (Å²) in [6.45, 7) is 0. The molecule has 0 saturated heterocycles. The van der Waals surface area contributed by atoms with Crippen molar-refractivity contribution in [2.75, 3.05) is 5.73 Å². The first-order valence-electron chi connectivity index (χ1n) is 11.5. The largest absolute Gasteiger partial charge is 0.875 e. The van der Waals surface area contributed by atoms with Crippen molar-refractivity contribution < 1.29 is 24.1 Å². The quantitative estimate of drug-likeness (QED) is 0.475. The predicted molar refractivity (Wildman–Crippen MR) is 126 cm³/mol. The number of carbonyl (C=O) groups is 2. The van der Waals surface area contributed by atoms with Crippen molar-refractivity contribution in [3.63, 3.8) is 0 Å². The highest BCUT2D eigenvalue weighted by atomic mass is 16.3. The number of para-hydroxylation sites is 2. The molecule has 2 aromatic heterocycles. The topological polar surface area (TPSA) is 126 Å². The van der Waals surface area contributed by atoms with Gasteiger partial charge in [-0.15, -0.1) is 5.76 Å². The first-order chi connectivity index (χ1) is 16.5. The van der Waals surface area contributed by atoms with E-state index in [0.29, 0.717) is 60.7 Å². The Labute approximate surface area is 196 Å². The number of nitrogens with two attached hydrogens (primary N) is 1. The van der Waals surface area contributed by atoms with Crippen molar-refractivity contribution >= 4 is 34.1 Å². The van der Waals surface area contributed by atoms with Gasteiger partial charge in [0.05, 0.1) is 5.56 Å². The van der Waals surface area contributed by atoms with Gasteiger partial charge in [0.1, 0.15) is 22.6 Å². The monoisotopic (exact) mass is 455 g/mol. The van der Waals surface area contributed by atoms with Gasteiger partial charge in [-0.05, 0) is 31.4 Å². The molecule has 2 aliphatic rings. The first-order valence-corrected chi connectivity index (χ1v) is 11.5. The number of allylic oxidation sites excluding steroid dienone is 2. The van der Waals surface area contributed by atoms with Crippen LogP contribution in [0.5, 0.6) is 0 Å². The second-order valence-corrected chi connectivity index (χ2v) is 8.53. The predicted octanol–water partition coefficient (Wildman–Crippen LogP) is 3.85. The van der Waals surface area contributed by atoms with E-state index in [1.54, 1.807) is 0 Å². The number of ketones is 2. The van der Waals surface area contributed by atoms with Crippen molar-refractivity contribution in [3.8, 4) is 11.3 Å². The Balaban J connectivity index is 0.000000200. The van der Waals surface area contributed by atoms with E-state index < -0.39 is 0 Å². The van der Waals surface area contributed by atoms with Crippen LogP contribution in [0.1, 0.15) is 53.8 Å². The van der Waals surface area contributed by atoms with Crippen molar-refractivity contribution in [2.24, 2.45) is 0 Å². The minimum absolute atomic E-state index is 0.0316. The molecule has 0 bridgehead atoms. The minimum atomic E-state index is -0.176. The second kappa shape index (κ2) is 9.02. The summed E-state index contributed by atoms with van der Waals surface area (Å²) in [6.07, 6.45) is 3.12. The second-order valence-electron chi connectivity index (χ2n) is 8.53. The lowest BCUT2D eigenvalue weighted by Gasteiger charge is -2.24. The number of imidazole rings is 1. The van der Waals surface area contributed by atoms with Crippen LogP contribution in [0, 0.1) is 0 Å². The average molecular weight is 456 g/mol. The zero-order valence-electron chi connectivity index (χ0n) is 18.6. The van der Waals surface area contributed by atoms with E-state index >= 15 is 0 Å². The highest BCUT2D eigenvalue weighted by Gasteiger charge is 2.33. The standard InChI is InChI=1S/C20H18O4.C7H7N3/c21-13-8-4-9-14(22)17(13)19-18-15(23)10-5-11-16(18)24-20(19)12-6-2-1-3-7-12;8-7-9-5-3-1-2-4-6(5)10-7/h1-3,6-7,21H,4-5,8-11H2;1-4H,(H3,8,9,10). The Bertz CT molecular complexity index is 1380. The van der Waals surface area contributed by atoms with E-state index in [1.165, 1.54) is 0 Å². The number of nitrogen functional groups attached to an aromatic ring is 1. The highest BCUT2D eigenvalue weighted by Crippen LogP contribution is 2.42. The van der Waals surface area contributed by atoms with Crippen molar-refractivity contribution in [3.05, 3.63) is 77.2 Å². The van der Waals surface area contributed by atoms with Crippen LogP contribution in [0.15, 0.2) is 64.8 Å². The number of carbonyl (C=O) groups excluding carboxylic acids is 2. The number of aryl methyl sites for hydroxylation is 1. The van der Waals surface area contributed by atoms with Crippen LogP contribution in [-0.4, -0.2) is 16.6 Å². The van der Waals surface area contributed by atoms with Gasteiger partial charge >= 0.3 is 5.95 Å². The third kappa shape index (κ3) is 4.01. The minimum Gasteiger partial charge on any atom is -0.875 e. The number of Topliss-reactive ketones (excluding diaryl/α,β-unsaturated/α-hetero) is 2. The van der Waals surface area contributed by atoms with Gasteiger partial charge in [0.2, 0.25) is 0 Å². The maximum absolute atomic E-state index is 12.5. The van der Waals surface area contributed by atoms with E-state index in [1.807, 2.05) is 54.6 Å². The van der Waals surface area contributed by atoms with E-state index in [0.717, 1.165) is 23.0 Å². The van der Waals surface area contributed by atoms with E-state index in [9.17, 15) is 14.7 Å². The average Bonchev–Trinajstić information content (AvgIpc) is 3.41. The lowest BCUT2D eigenvalue weighted by molar-refractivity contribution is -0.325. The Kier molecular flexibility index (Phi) is 5.76. The SMILES string of the molecule is Nc1[nH]c2ccccc2[nH+]1.O=C1CCCC([O-])=C1c1c(-c2ccccc2)oc2c1C(=O)CCC2. The maximum atomic E-state index is 12.5. The summed E-state index contributed by atoms with van der Waals surface area (Å²) >= 11 is 0. The Morgan fingerprint density at radius 1 is 0.853 bits per heavy atom. The summed E-state index contributed by atoms with van der Waals surface area (Å²) < 4.78 is 6.00. The third-order valence-corrected chi connectivity index (χ3v) is 6.18. The van der Waals surface area contributed by atoms with E-state index in [-0.39, 0.29) is 22.9 Å². The van der Waals surface area contributed by atoms with Gasteiger partial charge in [0.15, 0.2) is 11.6 Å². The molecule has 0 radical (unpaired) electrons. The van der Waals surface area contributed by atoms with Gasteiger partial charge in [0, 0.05) is 36.0 Å². The smallest absolute Gasteiger partial charge is 0.351 e. The molecular weight excluding hydrogens is 430 g/mol. The van der Waals surface area contributed by atoms with Gasteiger partial charge in [0.25, 0.3) is 0 Å². The molecule has 2 heterocycles. The number of nitrogens with one attached hydrogen (secondary N) is 2. The van der Waals surface area contributed by atoms with Crippen LogP contribution in [0.4, 0.5) is 5.95 Å². The fourth-order valence-electron chi connectivity index (χ4n) is 4.63. The summed E-state index contributed by atoms with van der Waals surface area (Å²) in [5, 5.41) is 12.5. The fraction of sp³-hybridized carbons (Fsp3) is 0.222. The van der Waals surface area contributed by atoms with E-state index in [4.69, 9.17) is 10.2 Å². The summed E-state index contributed by atoms with van der Waals surface area (Å²) in [6, 6.07) is 17.3. The van der Waals surface area contributed by atoms with Gasteiger partial charge in [-0.25, -0.2) is 9.97 Å². The van der Waals surface area contributed by atoms with Crippen molar-refractivity contribution in [1.29, 1.82) is 0 Å². The zero-order valence-corrected chi connectivity index (χ0v) is 18.6. The Hall–Kier alpha value is -4.13. The van der Waals surface area contributed by atoms with Gasteiger partial charge in [-0.1, -0.05) is 42.5 Å². The molecule has 6 rings (SSSR count). The number of hydrogen-bond donors (Lipinski definition) is 2. The summed E-state index contributed by atoms with van der Waals surface area (Å²) in [4.78, 5) is 30.9. The molecule has 4 N–H and O–H groups in total. The summed E-state index contributed by atoms with van der Waals surface area (Å²) in [7, 11) is 0. The molecule has 0 unspecified atom stereocenters. The lowest BCUT2D eigenvalue weighted by Crippen LogP contribution is -2.20. The normalized spacial score (nSPS) is 15.8. The van der Waals surface area contributed by atoms with Crippen LogP contribution in [0.3, 0.4) is 0 Å². The molecular formula is C27H25N3O4. The molecule has 4 aromatic rings. The molecule has 2 aliphatic carbocycles. The zero-order chi connectivity index (χ0) is 23.7. The summed E-state index contributed by atoms with van der Waals surface area (Å²) in [5.74, 6) is 1.31. The van der Waals surface area contributed by atoms with Gasteiger partial charge in [-0.2, -0.15) is 0 Å². The van der Waals surface area contributed by atoms with Crippen LogP contribution in [0.25, 0.3) is 27.9 Å². The van der Waals surface area contributed by atoms with Crippen LogP contribution >= 0.6 is 0 Å². The number of hydrogen-bond acceptors (Lipinski definition) is 5. The molecule has 34 heavy (non-hydrogen) atoms. The first kappa shape index (κ1) is 21.7. The van der Waals surface area contributed by atoms with Crippen molar-refractivity contribution in [1.82, 2.24) is 4.98 Å². The number of furan rings is 1. The fourth-order valence-corrected chi connectivity index (χ4v) is 4.63. The molecule has 0 amide bonds. The Morgan fingerprint density at radius 2 is 1.56 bits per heavy atom. The number of rotatable bonds is 2. The number of aromatic nitrogens is 2. The molecule has 0 fully saturated rings. The highest BCUT2D eigenvalue weighted by molar-refractivity contribution is 6.25. The van der Waals surface area contributed by atoms with Gasteiger partial charge in [-0.3, -0.25) is 15.3 Å². The van der Waals surface area contributed by atoms with Crippen LogP contribution < -0.4 is 15.8 Å². The van der Waals surface area contributed by atoms with Crippen LogP contribution in [-0.2, 0) is 11.2 Å². The molecule has 0 atom stereocenters. The molecule has 0 saturated carbocycles. The third-order valence-electron chi connectivity index (χ3n) is 6.18. The number of fused-ring (bicyclic) bond motifs is 2. The maximum Gasteiger partial charge on any atom is 0.351 e. The lowest BCUT2D eigenvalue weighted by atomic mass is 9.84. The molecule has 2 aromatic carbocycles. The molecule has 7 nitrogen and oxygen atoms in total. The summed E-state index contributed by atoms with van der Waals surface area (Å²) in [5.41, 5.74) is 9.41. The number of aromatic amines is 2. The number of benzene rings is 2. The van der Waals surface area contributed by atoms with Crippen LogP contribution in [0.2, 0.25) is 0 Å². The van der Waals surface area contributed by atoms with Crippen molar-refractivity contribution in [2.45, 2.75) is 38.5 Å². The molecule has 0 spiro atoms. The molecule has 7 heteroatoms. The van der Waals surface area contributed by atoms with Gasteiger partial charge < -0.3 is 9.52 Å².